The van der Waals surface area contributed by atoms with Crippen LogP contribution in [0.2, 0.25) is 10.0 Å². The van der Waals surface area contributed by atoms with Crippen molar-refractivity contribution in [2.45, 2.75) is 32.4 Å². The summed E-state index contributed by atoms with van der Waals surface area (Å²) < 4.78 is 39.7. The molecule has 1 fully saturated rings. The van der Waals surface area contributed by atoms with E-state index in [-0.39, 0.29) is 32.8 Å². The maximum Gasteiger partial charge on any atom is 0.416 e. The minimum absolute atomic E-state index is 0.0766. The lowest BCUT2D eigenvalue weighted by Gasteiger charge is -2.12. The van der Waals surface area contributed by atoms with Crippen molar-refractivity contribution in [1.82, 2.24) is 9.78 Å². The molecule has 1 aliphatic rings. The van der Waals surface area contributed by atoms with Gasteiger partial charge in [0.1, 0.15) is 11.8 Å². The molecule has 0 radical (unpaired) electrons. The highest BCUT2D eigenvalue weighted by molar-refractivity contribution is 6.37. The van der Waals surface area contributed by atoms with Gasteiger partial charge in [-0.05, 0) is 29.9 Å². The third kappa shape index (κ3) is 2.87. The zero-order valence-electron chi connectivity index (χ0n) is 12.7. The molecule has 2 aromatic rings. The van der Waals surface area contributed by atoms with Crippen molar-refractivity contribution >= 4 is 23.2 Å². The summed E-state index contributed by atoms with van der Waals surface area (Å²) in [7, 11) is 0. The second kappa shape index (κ2) is 5.40. The van der Waals surface area contributed by atoms with Crippen molar-refractivity contribution in [2.24, 2.45) is 5.41 Å². The Kier molecular flexibility index (Phi) is 3.85. The maximum absolute atomic E-state index is 12.8. The first-order chi connectivity index (χ1) is 11.0. The highest BCUT2D eigenvalue weighted by Gasteiger charge is 2.48. The molecule has 1 saturated carbocycles. The van der Waals surface area contributed by atoms with Gasteiger partial charge in [0.2, 0.25) is 0 Å². The summed E-state index contributed by atoms with van der Waals surface area (Å²) in [5, 5.41) is 13.1. The van der Waals surface area contributed by atoms with Gasteiger partial charge in [-0.2, -0.15) is 23.5 Å². The summed E-state index contributed by atoms with van der Waals surface area (Å²) in [5.74, 6) is 0.188. The van der Waals surface area contributed by atoms with E-state index in [1.807, 2.05) is 6.07 Å². The van der Waals surface area contributed by atoms with E-state index in [1.54, 1.807) is 6.20 Å². The van der Waals surface area contributed by atoms with E-state index in [0.717, 1.165) is 24.1 Å². The lowest BCUT2D eigenvalue weighted by molar-refractivity contribution is -0.137. The minimum atomic E-state index is -4.54. The van der Waals surface area contributed by atoms with Crippen LogP contribution in [0.3, 0.4) is 0 Å². The van der Waals surface area contributed by atoms with Crippen LogP contribution in [0.5, 0.6) is 0 Å². The van der Waals surface area contributed by atoms with Crippen LogP contribution in [0.25, 0.3) is 5.69 Å². The Morgan fingerprint density at radius 2 is 1.83 bits per heavy atom. The van der Waals surface area contributed by atoms with E-state index in [4.69, 9.17) is 23.2 Å². The molecule has 0 amide bonds. The standard InChI is InChI=1S/C16H12Cl2F3N3/c1-15(2)5-10(15)9-7-24(23-13(9)6-22)14-11(17)3-8(4-12(14)18)16(19,20)21/h3-4,7,10H,5H2,1-2H3. The van der Waals surface area contributed by atoms with Gasteiger partial charge < -0.3 is 0 Å². The van der Waals surface area contributed by atoms with Gasteiger partial charge in [-0.3, -0.25) is 0 Å². The molecular formula is C16H12Cl2F3N3. The zero-order chi connectivity index (χ0) is 17.9. The Hall–Kier alpha value is -1.71. The summed E-state index contributed by atoms with van der Waals surface area (Å²) in [6.07, 6.45) is -2.00. The van der Waals surface area contributed by atoms with Crippen LogP contribution in [0.15, 0.2) is 18.3 Å². The summed E-state index contributed by atoms with van der Waals surface area (Å²) in [4.78, 5) is 0. The van der Waals surface area contributed by atoms with E-state index >= 15 is 0 Å². The molecule has 1 heterocycles. The van der Waals surface area contributed by atoms with Crippen LogP contribution >= 0.6 is 23.2 Å². The highest BCUT2D eigenvalue weighted by Crippen LogP contribution is 2.59. The number of hydrogen-bond acceptors (Lipinski definition) is 2. The monoisotopic (exact) mass is 373 g/mol. The molecule has 24 heavy (non-hydrogen) atoms. The molecule has 8 heteroatoms. The molecule has 1 aliphatic carbocycles. The van der Waals surface area contributed by atoms with Crippen LogP contribution in [0.4, 0.5) is 13.2 Å². The van der Waals surface area contributed by atoms with Gasteiger partial charge in [0, 0.05) is 11.8 Å². The number of rotatable bonds is 2. The summed E-state index contributed by atoms with van der Waals surface area (Å²) in [6.45, 7) is 4.16. The smallest absolute Gasteiger partial charge is 0.236 e. The van der Waals surface area contributed by atoms with Crippen molar-refractivity contribution in [1.29, 1.82) is 5.26 Å². The van der Waals surface area contributed by atoms with Crippen LogP contribution in [0, 0.1) is 16.7 Å². The van der Waals surface area contributed by atoms with Crippen LogP contribution in [-0.4, -0.2) is 9.78 Å². The fraction of sp³-hybridized carbons (Fsp3) is 0.375. The summed E-state index contributed by atoms with van der Waals surface area (Å²) in [6, 6.07) is 3.63. The van der Waals surface area contributed by atoms with E-state index in [9.17, 15) is 18.4 Å². The van der Waals surface area contributed by atoms with Crippen molar-refractivity contribution < 1.29 is 13.2 Å². The predicted molar refractivity (Wildman–Crippen MR) is 84.4 cm³/mol. The molecule has 0 saturated heterocycles. The number of halogens is 5. The van der Waals surface area contributed by atoms with E-state index < -0.39 is 11.7 Å². The Morgan fingerprint density at radius 1 is 1.29 bits per heavy atom. The van der Waals surface area contributed by atoms with Crippen LogP contribution < -0.4 is 0 Å². The normalized spacial score (nSPS) is 19.2. The quantitative estimate of drug-likeness (QED) is 0.688. The topological polar surface area (TPSA) is 41.6 Å². The molecule has 1 aromatic heterocycles. The first kappa shape index (κ1) is 17.1. The number of nitriles is 1. The van der Waals surface area contributed by atoms with E-state index in [2.05, 4.69) is 18.9 Å². The third-order valence-electron chi connectivity index (χ3n) is 4.31. The SMILES string of the molecule is CC1(C)CC1c1cn(-c2c(Cl)cc(C(F)(F)F)cc2Cl)nc1C#N. The van der Waals surface area contributed by atoms with Gasteiger partial charge in [-0.25, -0.2) is 4.68 Å². The molecule has 0 spiro atoms. The van der Waals surface area contributed by atoms with Crippen molar-refractivity contribution in [2.75, 3.05) is 0 Å². The first-order valence-electron chi connectivity index (χ1n) is 7.11. The number of aromatic nitrogens is 2. The second-order valence-corrected chi connectivity index (χ2v) is 7.34. The number of benzene rings is 1. The zero-order valence-corrected chi connectivity index (χ0v) is 14.3. The maximum atomic E-state index is 12.8. The fourth-order valence-corrected chi connectivity index (χ4v) is 3.45. The molecule has 0 N–H and O–H groups in total. The number of nitrogens with zero attached hydrogens (tertiary/aromatic N) is 3. The molecule has 126 valence electrons. The molecule has 3 nitrogen and oxygen atoms in total. The lowest BCUT2D eigenvalue weighted by Crippen LogP contribution is -2.07. The highest BCUT2D eigenvalue weighted by atomic mass is 35.5. The van der Waals surface area contributed by atoms with Crippen LogP contribution in [0.1, 0.15) is 43.0 Å². The molecule has 1 aromatic carbocycles. The van der Waals surface area contributed by atoms with Gasteiger partial charge >= 0.3 is 6.18 Å². The largest absolute Gasteiger partial charge is 0.416 e. The van der Waals surface area contributed by atoms with Crippen molar-refractivity contribution in [3.05, 3.63) is 45.2 Å². The molecule has 1 unspecified atom stereocenters. The van der Waals surface area contributed by atoms with Crippen molar-refractivity contribution in [3.63, 3.8) is 0 Å². The fourth-order valence-electron chi connectivity index (χ4n) is 2.79. The van der Waals surface area contributed by atoms with Gasteiger partial charge in [-0.15, -0.1) is 0 Å². The van der Waals surface area contributed by atoms with E-state index in [1.165, 1.54) is 4.68 Å². The van der Waals surface area contributed by atoms with Gasteiger partial charge in [0.25, 0.3) is 0 Å². The minimum Gasteiger partial charge on any atom is -0.236 e. The molecule has 1 atom stereocenters. The average molecular weight is 374 g/mol. The summed E-state index contributed by atoms with van der Waals surface area (Å²) >= 11 is 12.0. The number of alkyl halides is 3. The Labute approximate surface area is 146 Å². The van der Waals surface area contributed by atoms with Crippen LogP contribution in [-0.2, 0) is 6.18 Å². The van der Waals surface area contributed by atoms with Gasteiger partial charge in [-0.1, -0.05) is 37.0 Å². The van der Waals surface area contributed by atoms with Gasteiger partial charge in [0.15, 0.2) is 5.69 Å². The second-order valence-electron chi connectivity index (χ2n) is 6.52. The molecule has 0 aliphatic heterocycles. The number of hydrogen-bond donors (Lipinski definition) is 0. The van der Waals surface area contributed by atoms with E-state index in [0.29, 0.717) is 0 Å². The van der Waals surface area contributed by atoms with Crippen molar-refractivity contribution in [3.8, 4) is 11.8 Å². The predicted octanol–water partition coefficient (Wildman–Crippen LogP) is 5.58. The lowest BCUT2D eigenvalue weighted by atomic mass is 10.0. The molecular weight excluding hydrogens is 362 g/mol. The first-order valence-corrected chi connectivity index (χ1v) is 7.86. The molecule has 3 rings (SSSR count). The Morgan fingerprint density at radius 3 is 2.25 bits per heavy atom. The van der Waals surface area contributed by atoms with Gasteiger partial charge in [0.05, 0.1) is 15.6 Å². The average Bonchev–Trinajstić information content (AvgIpc) is 2.91. The molecule has 0 bridgehead atoms. The Bertz CT molecular complexity index is 839. The third-order valence-corrected chi connectivity index (χ3v) is 4.89. The summed E-state index contributed by atoms with van der Waals surface area (Å²) in [5.41, 5.74) is 0.268. The Balaban J connectivity index is 2.09.